The Morgan fingerprint density at radius 3 is 2.67 bits per heavy atom. The predicted octanol–water partition coefficient (Wildman–Crippen LogP) is 4.88. The van der Waals surface area contributed by atoms with Crippen LogP contribution in [0.2, 0.25) is 0 Å². The fourth-order valence-electron chi connectivity index (χ4n) is 5.47. The maximum atomic E-state index is 12.8. The van der Waals surface area contributed by atoms with Crippen LogP contribution in [0.3, 0.4) is 0 Å². The first-order valence-corrected chi connectivity index (χ1v) is 14.4. The summed E-state index contributed by atoms with van der Waals surface area (Å²) in [5.41, 5.74) is 19.1. The van der Waals surface area contributed by atoms with Crippen molar-refractivity contribution in [3.63, 3.8) is 0 Å². The average Bonchev–Trinajstić information content (AvgIpc) is 3.82. The van der Waals surface area contributed by atoms with E-state index in [4.69, 9.17) is 25.9 Å². The summed E-state index contributed by atoms with van der Waals surface area (Å²) in [5, 5.41) is 2.98. The lowest BCUT2D eigenvalue weighted by Gasteiger charge is -2.20. The highest BCUT2D eigenvalue weighted by Crippen LogP contribution is 2.45. The fourth-order valence-corrected chi connectivity index (χ4v) is 5.47. The van der Waals surface area contributed by atoms with Gasteiger partial charge < -0.3 is 26.3 Å². The summed E-state index contributed by atoms with van der Waals surface area (Å²) in [5.74, 6) is 0.547. The molecule has 0 radical (unpaired) electrons. The zero-order valence-corrected chi connectivity index (χ0v) is 24.3. The molecule has 5 rings (SSSR count). The summed E-state index contributed by atoms with van der Waals surface area (Å²) in [6, 6.07) is 24.9. The molecular weight excluding hydrogens is 526 g/mol. The van der Waals surface area contributed by atoms with E-state index in [1.807, 2.05) is 37.4 Å². The maximum Gasteiger partial charge on any atom is 0.341 e. The van der Waals surface area contributed by atoms with Crippen molar-refractivity contribution in [1.29, 1.82) is 0 Å². The molecule has 0 amide bonds. The largest absolute Gasteiger partial charge is 0.492 e. The number of nitrogens with one attached hydrogen (secondary N) is 1. The number of nitrogens with two attached hydrogens (primary N) is 2. The molecule has 1 fully saturated rings. The molecule has 2 atom stereocenters. The first-order valence-electron chi connectivity index (χ1n) is 14.4. The Morgan fingerprint density at radius 1 is 1.10 bits per heavy atom. The van der Waals surface area contributed by atoms with Gasteiger partial charge in [0.25, 0.3) is 0 Å². The minimum atomic E-state index is -0.481. The van der Waals surface area contributed by atoms with Gasteiger partial charge in [-0.15, -0.1) is 0 Å². The van der Waals surface area contributed by atoms with E-state index in [9.17, 15) is 4.79 Å². The van der Waals surface area contributed by atoms with E-state index in [-0.39, 0.29) is 24.0 Å². The molecule has 0 bridgehead atoms. The first-order chi connectivity index (χ1) is 20.5. The molecule has 1 heterocycles. The molecule has 0 saturated heterocycles. The number of rotatable bonds is 10. The van der Waals surface area contributed by atoms with Crippen LogP contribution in [0.1, 0.15) is 24.5 Å². The number of fused-ring (bicyclic) bond motifs is 1. The minimum Gasteiger partial charge on any atom is -0.492 e. The van der Waals surface area contributed by atoms with Crippen LogP contribution >= 0.6 is 0 Å². The van der Waals surface area contributed by atoms with Crippen molar-refractivity contribution in [3.05, 3.63) is 108 Å². The van der Waals surface area contributed by atoms with Gasteiger partial charge >= 0.3 is 5.97 Å². The van der Waals surface area contributed by atoms with Crippen LogP contribution in [0.15, 0.2) is 101 Å². The Labute approximate surface area is 247 Å². The van der Waals surface area contributed by atoms with Gasteiger partial charge in [0.2, 0.25) is 0 Å². The lowest BCUT2D eigenvalue weighted by Crippen LogP contribution is -2.25. The minimum absolute atomic E-state index is 0.0245. The third kappa shape index (κ3) is 6.83. The number of esters is 1. The van der Waals surface area contributed by atoms with E-state index in [0.29, 0.717) is 12.3 Å². The van der Waals surface area contributed by atoms with Gasteiger partial charge in [0, 0.05) is 62.2 Å². The zero-order chi connectivity index (χ0) is 29.5. The second-order valence-electron chi connectivity index (χ2n) is 10.6. The van der Waals surface area contributed by atoms with Crippen LogP contribution in [0, 0.1) is 11.8 Å². The Bertz CT molecular complexity index is 1510. The first kappa shape index (κ1) is 29.0. The van der Waals surface area contributed by atoms with Crippen molar-refractivity contribution in [2.24, 2.45) is 28.3 Å². The van der Waals surface area contributed by atoms with Crippen molar-refractivity contribution in [2.45, 2.75) is 26.4 Å². The van der Waals surface area contributed by atoms with Crippen LogP contribution in [0.25, 0.3) is 11.1 Å². The molecule has 2 aliphatic rings. The molecule has 0 spiro atoms. The number of allylic oxidation sites excluding steroid dienone is 1. The molecule has 8 nitrogen and oxygen atoms in total. The number of carbonyl (C=O) groups excluding carboxylic acids is 1. The molecule has 1 aliphatic heterocycles. The van der Waals surface area contributed by atoms with Gasteiger partial charge in [-0.3, -0.25) is 9.89 Å². The quantitative estimate of drug-likeness (QED) is 0.182. The number of para-hydroxylation sites is 1. The molecule has 3 aromatic rings. The van der Waals surface area contributed by atoms with E-state index in [2.05, 4.69) is 52.7 Å². The van der Waals surface area contributed by atoms with Crippen LogP contribution in [0.4, 0.5) is 5.69 Å². The van der Waals surface area contributed by atoms with Crippen LogP contribution < -0.4 is 21.5 Å². The van der Waals surface area contributed by atoms with Gasteiger partial charge in [-0.1, -0.05) is 48.5 Å². The van der Waals surface area contributed by atoms with E-state index in [0.717, 1.165) is 54.3 Å². The van der Waals surface area contributed by atoms with Crippen molar-refractivity contribution < 1.29 is 14.3 Å². The SMILES string of the molecule is CCOC(=O)C(=CN)C(=Nc1cccc(-c2cccc(CN3CCOc4ccccc4C3)c2)c1)[C@@H]1CC1/C(N)=C/NC. The van der Waals surface area contributed by atoms with Gasteiger partial charge in [-0.05, 0) is 54.3 Å². The summed E-state index contributed by atoms with van der Waals surface area (Å²) >= 11 is 0. The topological polar surface area (TPSA) is 115 Å². The molecule has 218 valence electrons. The smallest absolute Gasteiger partial charge is 0.341 e. The van der Waals surface area contributed by atoms with E-state index in [1.54, 1.807) is 13.1 Å². The van der Waals surface area contributed by atoms with E-state index in [1.165, 1.54) is 17.3 Å². The molecule has 8 heteroatoms. The van der Waals surface area contributed by atoms with Gasteiger partial charge in [-0.2, -0.15) is 0 Å². The highest BCUT2D eigenvalue weighted by Gasteiger charge is 2.45. The van der Waals surface area contributed by atoms with Gasteiger partial charge in [0.1, 0.15) is 12.4 Å². The predicted molar refractivity (Wildman–Crippen MR) is 167 cm³/mol. The van der Waals surface area contributed by atoms with Gasteiger partial charge in [0.05, 0.1) is 23.6 Å². The summed E-state index contributed by atoms with van der Waals surface area (Å²) in [6.45, 7) is 5.22. The van der Waals surface area contributed by atoms with Crippen molar-refractivity contribution >= 4 is 17.4 Å². The number of ether oxygens (including phenoxy) is 2. The number of benzene rings is 3. The van der Waals surface area contributed by atoms with E-state index >= 15 is 0 Å². The van der Waals surface area contributed by atoms with Gasteiger partial charge in [0.15, 0.2) is 0 Å². The Balaban J connectivity index is 1.40. The summed E-state index contributed by atoms with van der Waals surface area (Å²) in [6.07, 6.45) is 3.86. The molecule has 1 unspecified atom stereocenters. The highest BCUT2D eigenvalue weighted by atomic mass is 16.5. The number of nitrogens with zero attached hydrogens (tertiary/aromatic N) is 2. The number of carbonyl (C=O) groups is 1. The molecular formula is C34H39N5O3. The normalized spacial score (nSPS) is 19.3. The average molecular weight is 566 g/mol. The molecule has 1 saturated carbocycles. The Hall–Kier alpha value is -4.56. The molecule has 0 aromatic heterocycles. The zero-order valence-electron chi connectivity index (χ0n) is 24.3. The van der Waals surface area contributed by atoms with Crippen LogP contribution in [0.5, 0.6) is 5.75 Å². The van der Waals surface area contributed by atoms with Crippen molar-refractivity contribution in [3.8, 4) is 16.9 Å². The Morgan fingerprint density at radius 2 is 1.88 bits per heavy atom. The molecule has 42 heavy (non-hydrogen) atoms. The molecule has 1 aliphatic carbocycles. The van der Waals surface area contributed by atoms with Gasteiger partial charge in [-0.25, -0.2) is 4.79 Å². The monoisotopic (exact) mass is 565 g/mol. The Kier molecular flexibility index (Phi) is 9.24. The second-order valence-corrected chi connectivity index (χ2v) is 10.6. The van der Waals surface area contributed by atoms with Crippen molar-refractivity contribution in [1.82, 2.24) is 10.2 Å². The molecule has 5 N–H and O–H groups in total. The lowest BCUT2D eigenvalue weighted by molar-refractivity contribution is -0.137. The number of hydrogen-bond acceptors (Lipinski definition) is 8. The number of hydrogen-bond donors (Lipinski definition) is 3. The maximum absolute atomic E-state index is 12.8. The number of aliphatic imine (C=N–C) groups is 1. The summed E-state index contributed by atoms with van der Waals surface area (Å²) in [4.78, 5) is 20.2. The standard InChI is InChI=1S/C34H39N5O3/c1-3-41-34(40)30(19-35)33(29-18-28(29)31(36)20-37-2)38-27-12-7-11-25(17-27)24-10-6-8-23(16-24)21-39-14-15-42-32-13-5-4-9-26(32)22-39/h4-13,16-17,19-20,28-29,37H,3,14-15,18,21-22,35-36H2,1-2H3/b30-19?,31-20-,38-33?/t28?,29-/m1/s1. The summed E-state index contributed by atoms with van der Waals surface area (Å²) in [7, 11) is 1.81. The second kappa shape index (κ2) is 13.4. The third-order valence-corrected chi connectivity index (χ3v) is 7.61. The van der Waals surface area contributed by atoms with Crippen molar-refractivity contribution in [2.75, 3.05) is 26.8 Å². The van der Waals surface area contributed by atoms with Crippen LogP contribution in [-0.4, -0.2) is 43.4 Å². The van der Waals surface area contributed by atoms with E-state index < -0.39 is 5.97 Å². The molecule has 3 aromatic carbocycles. The lowest BCUT2D eigenvalue weighted by atomic mass is 10.0. The third-order valence-electron chi connectivity index (χ3n) is 7.61. The fraction of sp³-hybridized carbons (Fsp3) is 0.294. The summed E-state index contributed by atoms with van der Waals surface area (Å²) < 4.78 is 11.2. The van der Waals surface area contributed by atoms with Crippen LogP contribution in [-0.2, 0) is 22.6 Å². The highest BCUT2D eigenvalue weighted by molar-refractivity contribution is 6.22.